The molecule has 0 unspecified atom stereocenters. The molecule has 0 atom stereocenters. The number of nitrogens with zero attached hydrogens (tertiary/aromatic N) is 3. The second kappa shape index (κ2) is 10.6. The summed E-state index contributed by atoms with van der Waals surface area (Å²) in [5, 5.41) is 4.89. The molecule has 0 bridgehead atoms. The lowest BCUT2D eigenvalue weighted by Crippen LogP contribution is -2.20. The number of carbonyl (C=O) groups excluding carboxylic acids is 1. The van der Waals surface area contributed by atoms with Crippen LogP contribution in [0.25, 0.3) is 17.1 Å². The van der Waals surface area contributed by atoms with Crippen molar-refractivity contribution in [2.75, 3.05) is 5.75 Å². The number of benzene rings is 3. The number of aromatic nitrogens is 2. The molecule has 6 heteroatoms. The highest BCUT2D eigenvalue weighted by molar-refractivity contribution is 7.99. The highest BCUT2D eigenvalue weighted by atomic mass is 32.2. The zero-order valence-electron chi connectivity index (χ0n) is 17.8. The van der Waals surface area contributed by atoms with E-state index in [1.165, 1.54) is 17.3 Å². The maximum atomic E-state index is 12.3. The number of fused-ring (bicyclic) bond motifs is 1. The number of nitrogens with one attached hydrogen (secondary N) is 1. The molecule has 0 saturated heterocycles. The minimum Gasteiger partial charge on any atom is -0.314 e. The van der Waals surface area contributed by atoms with Gasteiger partial charge in [0.15, 0.2) is 5.16 Å². The van der Waals surface area contributed by atoms with Gasteiger partial charge in [-0.25, -0.2) is 10.4 Å². The van der Waals surface area contributed by atoms with Gasteiger partial charge in [-0.1, -0.05) is 90.6 Å². The molecule has 3 aromatic carbocycles. The minimum absolute atomic E-state index is 0.169. The Hall–Kier alpha value is -3.64. The number of allylic oxidation sites excluding steroid dienone is 1. The van der Waals surface area contributed by atoms with E-state index in [9.17, 15) is 4.79 Å². The number of para-hydroxylation sites is 2. The predicted octanol–water partition coefficient (Wildman–Crippen LogP) is 5.38. The number of hydrazone groups is 1. The zero-order valence-corrected chi connectivity index (χ0v) is 18.6. The molecule has 0 aliphatic heterocycles. The van der Waals surface area contributed by atoms with Crippen LogP contribution in [-0.4, -0.2) is 27.4 Å². The third-order valence-corrected chi connectivity index (χ3v) is 5.76. The Labute approximate surface area is 191 Å². The Balaban J connectivity index is 1.40. The summed E-state index contributed by atoms with van der Waals surface area (Å²) < 4.78 is 2.15. The molecule has 1 heterocycles. The molecule has 4 aromatic rings. The van der Waals surface area contributed by atoms with Gasteiger partial charge in [0.05, 0.1) is 29.5 Å². The van der Waals surface area contributed by atoms with Gasteiger partial charge in [-0.15, -0.1) is 0 Å². The summed E-state index contributed by atoms with van der Waals surface area (Å²) in [6, 6.07) is 28.3. The van der Waals surface area contributed by atoms with Crippen molar-refractivity contribution in [2.24, 2.45) is 5.10 Å². The van der Waals surface area contributed by atoms with Gasteiger partial charge in [-0.05, 0) is 35.8 Å². The summed E-state index contributed by atoms with van der Waals surface area (Å²) in [4.78, 5) is 17.1. The van der Waals surface area contributed by atoms with Gasteiger partial charge in [0.2, 0.25) is 0 Å². The van der Waals surface area contributed by atoms with E-state index in [0.29, 0.717) is 6.54 Å². The molecular formula is C26H24N4OS. The largest absolute Gasteiger partial charge is 0.314 e. The maximum absolute atomic E-state index is 12.3. The SMILES string of the molecule is CC(/C=N/NC(=O)CSc1nc2ccccc2n1Cc1ccccc1)=C\c1ccccc1. The summed E-state index contributed by atoms with van der Waals surface area (Å²) in [6.45, 7) is 2.65. The van der Waals surface area contributed by atoms with E-state index in [4.69, 9.17) is 4.98 Å². The van der Waals surface area contributed by atoms with Crippen LogP contribution >= 0.6 is 11.8 Å². The fourth-order valence-corrected chi connectivity index (χ4v) is 4.11. The van der Waals surface area contributed by atoms with Gasteiger partial charge < -0.3 is 4.57 Å². The van der Waals surface area contributed by atoms with Crippen molar-refractivity contribution in [1.82, 2.24) is 15.0 Å². The van der Waals surface area contributed by atoms with Crippen LogP contribution in [0.2, 0.25) is 0 Å². The Morgan fingerprint density at radius 1 is 1.00 bits per heavy atom. The molecule has 160 valence electrons. The normalized spacial score (nSPS) is 11.8. The predicted molar refractivity (Wildman–Crippen MR) is 133 cm³/mol. The minimum atomic E-state index is -0.169. The van der Waals surface area contributed by atoms with Gasteiger partial charge >= 0.3 is 0 Å². The smallest absolute Gasteiger partial charge is 0.250 e. The number of thioether (sulfide) groups is 1. The number of carbonyl (C=O) groups is 1. The first-order valence-electron chi connectivity index (χ1n) is 10.4. The molecule has 32 heavy (non-hydrogen) atoms. The number of rotatable bonds is 8. The van der Waals surface area contributed by atoms with Crippen molar-refractivity contribution in [2.45, 2.75) is 18.6 Å². The first kappa shape index (κ1) is 21.6. The second-order valence-corrected chi connectivity index (χ2v) is 8.28. The summed E-state index contributed by atoms with van der Waals surface area (Å²) in [6.07, 6.45) is 3.66. The van der Waals surface area contributed by atoms with Crippen LogP contribution < -0.4 is 5.43 Å². The third kappa shape index (κ3) is 5.74. The van der Waals surface area contributed by atoms with Gasteiger partial charge in [0.25, 0.3) is 5.91 Å². The van der Waals surface area contributed by atoms with E-state index in [1.807, 2.05) is 79.7 Å². The molecule has 1 N–H and O–H groups in total. The monoisotopic (exact) mass is 440 g/mol. The summed E-state index contributed by atoms with van der Waals surface area (Å²) in [5.41, 5.74) is 7.81. The van der Waals surface area contributed by atoms with Crippen molar-refractivity contribution < 1.29 is 4.79 Å². The topological polar surface area (TPSA) is 59.3 Å². The lowest BCUT2D eigenvalue weighted by molar-refractivity contribution is -0.118. The van der Waals surface area contributed by atoms with E-state index in [1.54, 1.807) is 6.21 Å². The first-order valence-corrected chi connectivity index (χ1v) is 11.3. The van der Waals surface area contributed by atoms with Crippen molar-refractivity contribution in [1.29, 1.82) is 0 Å². The van der Waals surface area contributed by atoms with Crippen LogP contribution in [-0.2, 0) is 11.3 Å². The summed E-state index contributed by atoms with van der Waals surface area (Å²) >= 11 is 1.41. The molecule has 1 amide bonds. The lowest BCUT2D eigenvalue weighted by Gasteiger charge is -2.09. The van der Waals surface area contributed by atoms with E-state index in [2.05, 4.69) is 33.3 Å². The second-order valence-electron chi connectivity index (χ2n) is 7.34. The Morgan fingerprint density at radius 3 is 2.47 bits per heavy atom. The zero-order chi connectivity index (χ0) is 22.2. The van der Waals surface area contributed by atoms with Crippen LogP contribution in [0.1, 0.15) is 18.1 Å². The van der Waals surface area contributed by atoms with Crippen molar-refractivity contribution >= 4 is 41.0 Å². The highest BCUT2D eigenvalue weighted by Gasteiger charge is 2.13. The molecule has 0 aliphatic rings. The van der Waals surface area contributed by atoms with Crippen LogP contribution in [0.5, 0.6) is 0 Å². The van der Waals surface area contributed by atoms with Gasteiger partial charge in [0.1, 0.15) is 0 Å². The van der Waals surface area contributed by atoms with Gasteiger partial charge in [-0.3, -0.25) is 4.79 Å². The summed E-state index contributed by atoms with van der Waals surface area (Å²) in [5.74, 6) is 0.0637. The van der Waals surface area contributed by atoms with E-state index >= 15 is 0 Å². The standard InChI is InChI=1S/C26H24N4OS/c1-20(16-21-10-4-2-5-11-21)17-27-29-25(31)19-32-26-28-23-14-8-9-15-24(23)30(26)18-22-12-6-3-7-13-22/h2-17H,18-19H2,1H3,(H,29,31)/b20-16+,27-17+. The van der Waals surface area contributed by atoms with Crippen LogP contribution in [0.15, 0.2) is 101 Å². The van der Waals surface area contributed by atoms with Crippen molar-refractivity contribution in [3.8, 4) is 0 Å². The molecule has 0 saturated carbocycles. The number of hydrogen-bond acceptors (Lipinski definition) is 4. The fourth-order valence-electron chi connectivity index (χ4n) is 3.30. The average Bonchev–Trinajstić information content (AvgIpc) is 3.16. The Kier molecular flexibility index (Phi) is 7.15. The van der Waals surface area contributed by atoms with E-state index in [-0.39, 0.29) is 11.7 Å². The number of amides is 1. The average molecular weight is 441 g/mol. The summed E-state index contributed by atoms with van der Waals surface area (Å²) in [7, 11) is 0. The maximum Gasteiger partial charge on any atom is 0.250 e. The van der Waals surface area contributed by atoms with Crippen LogP contribution in [0.4, 0.5) is 0 Å². The van der Waals surface area contributed by atoms with Gasteiger partial charge in [-0.2, -0.15) is 5.10 Å². The molecular weight excluding hydrogens is 416 g/mol. The van der Waals surface area contributed by atoms with Crippen molar-refractivity contribution in [3.05, 3.63) is 102 Å². The van der Waals surface area contributed by atoms with E-state index < -0.39 is 0 Å². The molecule has 0 aliphatic carbocycles. The Morgan fingerprint density at radius 2 is 1.69 bits per heavy atom. The van der Waals surface area contributed by atoms with Crippen molar-refractivity contribution in [3.63, 3.8) is 0 Å². The number of hydrogen-bond donors (Lipinski definition) is 1. The number of imidazole rings is 1. The first-order chi connectivity index (χ1) is 15.7. The highest BCUT2D eigenvalue weighted by Crippen LogP contribution is 2.25. The molecule has 0 fully saturated rings. The lowest BCUT2D eigenvalue weighted by atomic mass is 10.1. The molecule has 0 spiro atoms. The van der Waals surface area contributed by atoms with E-state index in [0.717, 1.165) is 27.3 Å². The van der Waals surface area contributed by atoms with Crippen LogP contribution in [0, 0.1) is 0 Å². The molecule has 0 radical (unpaired) electrons. The Bertz CT molecular complexity index is 1250. The van der Waals surface area contributed by atoms with Crippen LogP contribution in [0.3, 0.4) is 0 Å². The van der Waals surface area contributed by atoms with Gasteiger partial charge in [0, 0.05) is 0 Å². The molecule has 1 aromatic heterocycles. The molecule has 4 rings (SSSR count). The third-order valence-electron chi connectivity index (χ3n) is 4.79. The molecule has 5 nitrogen and oxygen atoms in total. The fraction of sp³-hybridized carbons (Fsp3) is 0.115. The quantitative estimate of drug-likeness (QED) is 0.227.